The van der Waals surface area contributed by atoms with E-state index in [9.17, 15) is 0 Å². The van der Waals surface area contributed by atoms with Crippen molar-refractivity contribution in [2.75, 3.05) is 0 Å². The molecular weight excluding hydrogens is 167 g/mol. The Balaban J connectivity index is 0. The molecule has 6 heteroatoms. The summed E-state index contributed by atoms with van der Waals surface area (Å²) in [6.45, 7) is 0. The third kappa shape index (κ3) is 32.2. The van der Waals surface area contributed by atoms with Crippen LogP contribution in [0.25, 0.3) is 0 Å². The zero-order chi connectivity index (χ0) is 0. The Kier molecular flexibility index (Phi) is 687. The topological polar surface area (TPSA) is 85.5 Å². The zero-order valence-corrected chi connectivity index (χ0v) is 9.82. The van der Waals surface area contributed by atoms with Gasteiger partial charge >= 0.3 is 59.1 Å². The van der Waals surface area contributed by atoms with Gasteiger partial charge in [0.15, 0.2) is 0 Å². The monoisotopic (exact) mass is 168 g/mol. The summed E-state index contributed by atoms with van der Waals surface area (Å²) < 4.78 is 0. The van der Waals surface area contributed by atoms with Crippen LogP contribution in [0.4, 0.5) is 0 Å². The molecule has 28 valence electrons. The number of hydrogen-bond donors (Lipinski definition) is 0. The van der Waals surface area contributed by atoms with Crippen LogP contribution in [0.2, 0.25) is 0 Å². The molecule has 0 aliphatic rings. The van der Waals surface area contributed by atoms with Crippen molar-refractivity contribution >= 4 is 17.6 Å². The Morgan fingerprint density at radius 1 is 0.500 bits per heavy atom. The van der Waals surface area contributed by atoms with E-state index in [1.807, 2.05) is 0 Å². The first-order valence-electron chi connectivity index (χ1n) is 0. The fourth-order valence-corrected chi connectivity index (χ4v) is 0. The van der Waals surface area contributed by atoms with E-state index >= 15 is 0 Å². The van der Waals surface area contributed by atoms with E-state index in [-0.39, 0.29) is 93.1 Å². The van der Waals surface area contributed by atoms with Crippen LogP contribution in [-0.2, 0) is 16.4 Å². The van der Waals surface area contributed by atoms with Crippen molar-refractivity contribution in [3.63, 3.8) is 0 Å². The largest absolute Gasteiger partial charge is 2.00 e. The molecular formula is GeNa2O3-4. The second-order valence-electron chi connectivity index (χ2n) is 0. The van der Waals surface area contributed by atoms with E-state index in [4.69, 9.17) is 0 Å². The summed E-state index contributed by atoms with van der Waals surface area (Å²) in [7, 11) is 0. The summed E-state index contributed by atoms with van der Waals surface area (Å²) in [6.07, 6.45) is 0. The van der Waals surface area contributed by atoms with Crippen molar-refractivity contribution in [2.45, 2.75) is 0 Å². The molecule has 0 atom stereocenters. The smallest absolute Gasteiger partial charge is 1.00 e. The van der Waals surface area contributed by atoms with E-state index in [0.717, 1.165) is 0 Å². The SMILES string of the molecule is [Ge].[Na+].[Na+].[O-2].[O-2].[O-2]. The Morgan fingerprint density at radius 2 is 0.500 bits per heavy atom. The van der Waals surface area contributed by atoms with Gasteiger partial charge in [-0.2, -0.15) is 0 Å². The molecule has 0 rings (SSSR count). The standard InChI is InChI=1S/Ge.2Na.3O/q;2*+1;3*-2. The second kappa shape index (κ2) is 52.2. The summed E-state index contributed by atoms with van der Waals surface area (Å²) in [6, 6.07) is 0. The van der Waals surface area contributed by atoms with E-state index in [1.54, 1.807) is 0 Å². The van der Waals surface area contributed by atoms with Gasteiger partial charge in [0, 0.05) is 17.6 Å². The van der Waals surface area contributed by atoms with Crippen molar-refractivity contribution < 1.29 is 75.5 Å². The Morgan fingerprint density at radius 3 is 0.500 bits per heavy atom. The predicted molar refractivity (Wildman–Crippen MR) is 7.81 cm³/mol. The minimum absolute atomic E-state index is 0. The molecule has 0 fully saturated rings. The van der Waals surface area contributed by atoms with Crippen LogP contribution in [0.1, 0.15) is 0 Å². The molecule has 0 unspecified atom stereocenters. The summed E-state index contributed by atoms with van der Waals surface area (Å²) >= 11 is 0. The van der Waals surface area contributed by atoms with Gasteiger partial charge in [-0.15, -0.1) is 0 Å². The molecule has 0 heterocycles. The molecule has 0 aromatic carbocycles. The minimum Gasteiger partial charge on any atom is -2.00 e. The first kappa shape index (κ1) is 79.1. The van der Waals surface area contributed by atoms with Crippen LogP contribution in [-0.4, -0.2) is 17.6 Å². The molecule has 0 bridgehead atoms. The van der Waals surface area contributed by atoms with Crippen LogP contribution < -0.4 is 59.1 Å². The van der Waals surface area contributed by atoms with Gasteiger partial charge in [-0.1, -0.05) is 0 Å². The van der Waals surface area contributed by atoms with Crippen molar-refractivity contribution in [2.24, 2.45) is 0 Å². The van der Waals surface area contributed by atoms with Gasteiger partial charge in [-0.25, -0.2) is 0 Å². The second-order valence-corrected chi connectivity index (χ2v) is 0. The van der Waals surface area contributed by atoms with Gasteiger partial charge in [0.2, 0.25) is 0 Å². The molecule has 0 saturated heterocycles. The van der Waals surface area contributed by atoms with Crippen molar-refractivity contribution in [1.29, 1.82) is 0 Å². The van der Waals surface area contributed by atoms with Crippen LogP contribution in [0, 0.1) is 0 Å². The van der Waals surface area contributed by atoms with Crippen molar-refractivity contribution in [3.8, 4) is 0 Å². The van der Waals surface area contributed by atoms with Gasteiger partial charge in [-0.3, -0.25) is 0 Å². The Hall–Kier alpha value is 2.42. The molecule has 4 radical (unpaired) electrons. The summed E-state index contributed by atoms with van der Waals surface area (Å²) in [5, 5.41) is 0. The van der Waals surface area contributed by atoms with Gasteiger partial charge < -0.3 is 16.4 Å². The fourth-order valence-electron chi connectivity index (χ4n) is 0. The van der Waals surface area contributed by atoms with E-state index in [0.29, 0.717) is 0 Å². The molecule has 0 amide bonds. The molecule has 0 saturated carbocycles. The zero-order valence-electron chi connectivity index (χ0n) is 3.72. The molecule has 0 aromatic rings. The maximum atomic E-state index is 0. The molecule has 3 nitrogen and oxygen atoms in total. The average Bonchev–Trinajstić information content (AvgIpc) is 0. The average molecular weight is 167 g/mol. The fraction of sp³-hybridized carbons (Fsp3) is 0. The minimum atomic E-state index is 0. The summed E-state index contributed by atoms with van der Waals surface area (Å²) in [5.74, 6) is 0. The summed E-state index contributed by atoms with van der Waals surface area (Å²) in [5.41, 5.74) is 0. The molecule has 0 N–H and O–H groups in total. The van der Waals surface area contributed by atoms with Gasteiger partial charge in [0.25, 0.3) is 0 Å². The van der Waals surface area contributed by atoms with Crippen molar-refractivity contribution in [1.82, 2.24) is 0 Å². The van der Waals surface area contributed by atoms with Crippen LogP contribution in [0.3, 0.4) is 0 Å². The van der Waals surface area contributed by atoms with Gasteiger partial charge in [0.1, 0.15) is 0 Å². The van der Waals surface area contributed by atoms with Gasteiger partial charge in [0.05, 0.1) is 0 Å². The maximum absolute atomic E-state index is 0. The first-order chi connectivity index (χ1) is 0. The van der Waals surface area contributed by atoms with E-state index < -0.39 is 0 Å². The molecule has 6 heavy (non-hydrogen) atoms. The predicted octanol–water partition coefficient (Wildman–Crippen LogP) is -6.73. The van der Waals surface area contributed by atoms with E-state index in [2.05, 4.69) is 0 Å². The Labute approximate surface area is 91.7 Å². The molecule has 0 aromatic heterocycles. The number of rotatable bonds is 0. The number of hydrogen-bond acceptors (Lipinski definition) is 0. The van der Waals surface area contributed by atoms with Gasteiger partial charge in [-0.05, 0) is 0 Å². The normalized spacial score (nSPS) is 0. The third-order valence-electron chi connectivity index (χ3n) is 0. The first-order valence-corrected chi connectivity index (χ1v) is 0. The van der Waals surface area contributed by atoms with Crippen LogP contribution in [0.15, 0.2) is 0 Å². The summed E-state index contributed by atoms with van der Waals surface area (Å²) in [4.78, 5) is 0. The van der Waals surface area contributed by atoms with E-state index in [1.165, 1.54) is 0 Å². The quantitative estimate of drug-likeness (QED) is 0.321. The van der Waals surface area contributed by atoms with Crippen molar-refractivity contribution in [3.05, 3.63) is 0 Å². The van der Waals surface area contributed by atoms with Crippen LogP contribution in [0.5, 0.6) is 0 Å². The third-order valence-corrected chi connectivity index (χ3v) is 0. The van der Waals surface area contributed by atoms with Crippen LogP contribution >= 0.6 is 0 Å². The molecule has 0 aliphatic carbocycles. The maximum Gasteiger partial charge on any atom is 1.00 e. The Bertz CT molecular complexity index is 8.75. The molecule has 0 spiro atoms. The molecule has 0 aliphatic heterocycles.